The Bertz CT molecular complexity index is 651. The molecule has 0 bridgehead atoms. The number of aryl methyl sites for hydroxylation is 1. The molecule has 1 atom stereocenters. The topological polar surface area (TPSA) is 53.4 Å². The SMILES string of the molecule is CCC(C)c1nc(N(C)c2cccc(C)c2)sc1C(=O)O. The first-order valence-electron chi connectivity index (χ1n) is 6.98. The van der Waals surface area contributed by atoms with E-state index < -0.39 is 5.97 Å². The second-order valence-electron chi connectivity index (χ2n) is 5.22. The standard InChI is InChI=1S/C16H20N2O2S/c1-5-11(3)13-14(15(19)20)21-16(17-13)18(4)12-8-6-7-10(2)9-12/h6-9,11H,5H2,1-4H3,(H,19,20). The van der Waals surface area contributed by atoms with Crippen LogP contribution in [0.3, 0.4) is 0 Å². The zero-order valence-corrected chi connectivity index (χ0v) is 13.6. The first-order chi connectivity index (χ1) is 9.93. The summed E-state index contributed by atoms with van der Waals surface area (Å²) in [5.74, 6) is -0.751. The van der Waals surface area contributed by atoms with Crippen LogP contribution in [-0.4, -0.2) is 23.1 Å². The van der Waals surface area contributed by atoms with Gasteiger partial charge < -0.3 is 10.0 Å². The first kappa shape index (κ1) is 15.5. The molecule has 0 radical (unpaired) electrons. The molecule has 1 N–H and O–H groups in total. The molecule has 5 heteroatoms. The summed E-state index contributed by atoms with van der Waals surface area (Å²) < 4.78 is 0. The second-order valence-corrected chi connectivity index (χ2v) is 6.20. The summed E-state index contributed by atoms with van der Waals surface area (Å²) in [4.78, 5) is 18.3. The highest BCUT2D eigenvalue weighted by atomic mass is 32.1. The van der Waals surface area contributed by atoms with Gasteiger partial charge in [-0.3, -0.25) is 0 Å². The quantitative estimate of drug-likeness (QED) is 0.887. The third kappa shape index (κ3) is 3.24. The van der Waals surface area contributed by atoms with Gasteiger partial charge >= 0.3 is 5.97 Å². The molecule has 2 aromatic rings. The van der Waals surface area contributed by atoms with E-state index in [0.29, 0.717) is 15.7 Å². The van der Waals surface area contributed by atoms with E-state index in [1.165, 1.54) is 11.3 Å². The highest BCUT2D eigenvalue weighted by Gasteiger charge is 2.22. The summed E-state index contributed by atoms with van der Waals surface area (Å²) in [6, 6.07) is 8.08. The van der Waals surface area contributed by atoms with Crippen molar-refractivity contribution < 1.29 is 9.90 Å². The number of hydrogen-bond acceptors (Lipinski definition) is 4. The van der Waals surface area contributed by atoms with Gasteiger partial charge in [-0.1, -0.05) is 37.3 Å². The number of aromatic nitrogens is 1. The molecule has 0 aliphatic heterocycles. The van der Waals surface area contributed by atoms with E-state index >= 15 is 0 Å². The predicted octanol–water partition coefficient (Wildman–Crippen LogP) is 4.43. The summed E-state index contributed by atoms with van der Waals surface area (Å²) in [5, 5.41) is 10.1. The van der Waals surface area contributed by atoms with Crippen LogP contribution in [0.15, 0.2) is 24.3 Å². The van der Waals surface area contributed by atoms with E-state index in [9.17, 15) is 9.90 Å². The van der Waals surface area contributed by atoms with Crippen LogP contribution in [0, 0.1) is 6.92 Å². The van der Waals surface area contributed by atoms with Crippen molar-refractivity contribution in [2.24, 2.45) is 0 Å². The van der Waals surface area contributed by atoms with Crippen LogP contribution in [0.4, 0.5) is 10.8 Å². The summed E-state index contributed by atoms with van der Waals surface area (Å²) in [6.07, 6.45) is 0.873. The Morgan fingerprint density at radius 2 is 2.19 bits per heavy atom. The Morgan fingerprint density at radius 3 is 2.76 bits per heavy atom. The Kier molecular flexibility index (Phi) is 4.63. The van der Waals surface area contributed by atoms with Gasteiger partial charge in [0.05, 0.1) is 5.69 Å². The van der Waals surface area contributed by atoms with E-state index in [-0.39, 0.29) is 5.92 Å². The Hall–Kier alpha value is -1.88. The van der Waals surface area contributed by atoms with Gasteiger partial charge in [0.1, 0.15) is 4.88 Å². The van der Waals surface area contributed by atoms with Crippen molar-refractivity contribution in [3.05, 3.63) is 40.4 Å². The average Bonchev–Trinajstić information content (AvgIpc) is 2.91. The van der Waals surface area contributed by atoms with Crippen LogP contribution in [-0.2, 0) is 0 Å². The molecule has 1 aromatic heterocycles. The Balaban J connectivity index is 2.42. The van der Waals surface area contributed by atoms with Crippen molar-refractivity contribution in [1.82, 2.24) is 4.98 Å². The van der Waals surface area contributed by atoms with Crippen molar-refractivity contribution in [3.63, 3.8) is 0 Å². The smallest absolute Gasteiger partial charge is 0.347 e. The Morgan fingerprint density at radius 1 is 1.48 bits per heavy atom. The number of carboxylic acid groups (broad SMARTS) is 1. The maximum atomic E-state index is 11.4. The first-order valence-corrected chi connectivity index (χ1v) is 7.80. The van der Waals surface area contributed by atoms with Crippen molar-refractivity contribution in [1.29, 1.82) is 0 Å². The summed E-state index contributed by atoms with van der Waals surface area (Å²) in [5.41, 5.74) is 2.86. The number of hydrogen-bond donors (Lipinski definition) is 1. The van der Waals surface area contributed by atoms with E-state index in [1.807, 2.05) is 50.9 Å². The van der Waals surface area contributed by atoms with Gasteiger partial charge in [0.15, 0.2) is 5.13 Å². The number of thiazole rings is 1. The number of rotatable bonds is 5. The van der Waals surface area contributed by atoms with E-state index in [4.69, 9.17) is 0 Å². The molecule has 1 aromatic carbocycles. The van der Waals surface area contributed by atoms with Crippen LogP contribution in [0.5, 0.6) is 0 Å². The van der Waals surface area contributed by atoms with Gasteiger partial charge in [-0.2, -0.15) is 0 Å². The van der Waals surface area contributed by atoms with Crippen molar-refractivity contribution in [2.75, 3.05) is 11.9 Å². The van der Waals surface area contributed by atoms with Crippen molar-refractivity contribution in [2.45, 2.75) is 33.1 Å². The zero-order chi connectivity index (χ0) is 15.6. The minimum atomic E-state index is -0.897. The highest BCUT2D eigenvalue weighted by Crippen LogP contribution is 2.34. The van der Waals surface area contributed by atoms with Gasteiger partial charge in [0.25, 0.3) is 0 Å². The fourth-order valence-electron chi connectivity index (χ4n) is 2.09. The molecule has 1 heterocycles. The molecule has 0 saturated carbocycles. The molecule has 0 fully saturated rings. The van der Waals surface area contributed by atoms with Crippen LogP contribution in [0.1, 0.15) is 47.1 Å². The lowest BCUT2D eigenvalue weighted by atomic mass is 10.0. The molecule has 4 nitrogen and oxygen atoms in total. The molecule has 0 saturated heterocycles. The van der Waals surface area contributed by atoms with Crippen LogP contribution >= 0.6 is 11.3 Å². The number of anilines is 2. The molecule has 0 spiro atoms. The lowest BCUT2D eigenvalue weighted by Crippen LogP contribution is -2.09. The summed E-state index contributed by atoms with van der Waals surface area (Å²) >= 11 is 1.24. The largest absolute Gasteiger partial charge is 0.477 e. The molecule has 0 aliphatic rings. The fraction of sp³-hybridized carbons (Fsp3) is 0.375. The summed E-state index contributed by atoms with van der Waals surface area (Å²) in [7, 11) is 1.92. The maximum Gasteiger partial charge on any atom is 0.347 e. The molecular weight excluding hydrogens is 284 g/mol. The fourth-order valence-corrected chi connectivity index (χ4v) is 3.10. The molecule has 2 rings (SSSR count). The number of nitrogens with zero attached hydrogens (tertiary/aromatic N) is 2. The van der Waals surface area contributed by atoms with E-state index in [2.05, 4.69) is 11.1 Å². The van der Waals surface area contributed by atoms with Gasteiger partial charge in [0.2, 0.25) is 0 Å². The van der Waals surface area contributed by atoms with Crippen molar-refractivity contribution >= 4 is 28.1 Å². The average molecular weight is 304 g/mol. The van der Waals surface area contributed by atoms with Crippen LogP contribution in [0.2, 0.25) is 0 Å². The number of carbonyl (C=O) groups is 1. The van der Waals surface area contributed by atoms with Gasteiger partial charge in [-0.15, -0.1) is 0 Å². The maximum absolute atomic E-state index is 11.4. The number of benzene rings is 1. The molecule has 1 unspecified atom stereocenters. The minimum Gasteiger partial charge on any atom is -0.477 e. The van der Waals surface area contributed by atoms with Crippen molar-refractivity contribution in [3.8, 4) is 0 Å². The lowest BCUT2D eigenvalue weighted by molar-refractivity contribution is 0.0700. The minimum absolute atomic E-state index is 0.145. The van der Waals surface area contributed by atoms with E-state index in [0.717, 1.165) is 17.7 Å². The third-order valence-corrected chi connectivity index (χ3v) is 4.73. The van der Waals surface area contributed by atoms with E-state index in [1.54, 1.807) is 0 Å². The number of carboxylic acids is 1. The number of aromatic carboxylic acids is 1. The third-order valence-electron chi connectivity index (χ3n) is 3.59. The predicted molar refractivity (Wildman–Crippen MR) is 87.0 cm³/mol. The Labute approximate surface area is 129 Å². The zero-order valence-electron chi connectivity index (χ0n) is 12.8. The lowest BCUT2D eigenvalue weighted by Gasteiger charge is -2.16. The van der Waals surface area contributed by atoms with Gasteiger partial charge in [-0.25, -0.2) is 9.78 Å². The van der Waals surface area contributed by atoms with Crippen LogP contribution < -0.4 is 4.90 Å². The molecular formula is C16H20N2O2S. The second kappa shape index (κ2) is 6.26. The molecule has 112 valence electrons. The van der Waals surface area contributed by atoms with Gasteiger partial charge in [-0.05, 0) is 37.0 Å². The molecule has 21 heavy (non-hydrogen) atoms. The molecule has 0 aliphatic carbocycles. The van der Waals surface area contributed by atoms with Gasteiger partial charge in [0, 0.05) is 12.7 Å². The molecule has 0 amide bonds. The highest BCUT2D eigenvalue weighted by molar-refractivity contribution is 7.17. The monoisotopic (exact) mass is 304 g/mol. The van der Waals surface area contributed by atoms with Crippen LogP contribution in [0.25, 0.3) is 0 Å². The normalized spacial score (nSPS) is 12.2. The summed E-state index contributed by atoms with van der Waals surface area (Å²) in [6.45, 7) is 6.09.